The van der Waals surface area contributed by atoms with Gasteiger partial charge < -0.3 is 15.0 Å². The quantitative estimate of drug-likeness (QED) is 0.573. The van der Waals surface area contributed by atoms with Crippen molar-refractivity contribution in [3.05, 3.63) is 93.7 Å². The van der Waals surface area contributed by atoms with Gasteiger partial charge in [-0.3, -0.25) is 4.79 Å². The van der Waals surface area contributed by atoms with Crippen molar-refractivity contribution < 1.29 is 23.1 Å². The highest BCUT2D eigenvalue weighted by Gasteiger charge is 2.41. The van der Waals surface area contributed by atoms with E-state index < -0.39 is 17.8 Å². The van der Waals surface area contributed by atoms with Crippen LogP contribution >= 0.6 is 11.8 Å². The minimum atomic E-state index is -0.684. The first-order chi connectivity index (χ1) is 16.4. The van der Waals surface area contributed by atoms with Crippen molar-refractivity contribution >= 4 is 28.8 Å². The molecule has 6 nitrogen and oxygen atoms in total. The van der Waals surface area contributed by atoms with E-state index in [1.807, 2.05) is 12.3 Å². The van der Waals surface area contributed by atoms with Crippen LogP contribution in [0.1, 0.15) is 36.9 Å². The largest absolute Gasteiger partial charge is 0.466 e. The number of amidine groups is 1. The van der Waals surface area contributed by atoms with Gasteiger partial charge in [0.25, 0.3) is 0 Å². The zero-order valence-corrected chi connectivity index (χ0v) is 19.5. The predicted molar refractivity (Wildman–Crippen MR) is 126 cm³/mol. The average Bonchev–Trinajstić information content (AvgIpc) is 3.24. The number of halogens is 2. The molecule has 1 atom stereocenters. The van der Waals surface area contributed by atoms with Gasteiger partial charge >= 0.3 is 5.97 Å². The number of benzene rings is 2. The predicted octanol–water partition coefficient (Wildman–Crippen LogP) is 4.81. The summed E-state index contributed by atoms with van der Waals surface area (Å²) in [7, 11) is 1.29. The molecule has 0 saturated heterocycles. The highest BCUT2D eigenvalue weighted by atomic mass is 32.2. The summed E-state index contributed by atoms with van der Waals surface area (Å²) >= 11 is 1.35. The standard InChI is InChI=1S/C25H23F2N3O3S/c1-3-20-22(24(32)33-2)23(16-5-4-6-18(27)11-16)30-19(14-34-25(30)29-20)12-21(31)28-13-15-7-9-17(26)10-8-15/h4-11,14,23H,3,12-13H2,1-2H3,(H,28,31). The van der Waals surface area contributed by atoms with Crippen molar-refractivity contribution in [2.45, 2.75) is 32.4 Å². The third-order valence-electron chi connectivity index (χ3n) is 5.54. The summed E-state index contributed by atoms with van der Waals surface area (Å²) in [6.45, 7) is 2.14. The highest BCUT2D eigenvalue weighted by Crippen LogP contribution is 2.45. The maximum atomic E-state index is 14.2. The first kappa shape index (κ1) is 23.7. The summed E-state index contributed by atoms with van der Waals surface area (Å²) in [5.74, 6) is -1.58. The van der Waals surface area contributed by atoms with E-state index in [0.717, 1.165) is 5.56 Å². The van der Waals surface area contributed by atoms with E-state index in [1.54, 1.807) is 29.2 Å². The van der Waals surface area contributed by atoms with E-state index in [2.05, 4.69) is 10.3 Å². The van der Waals surface area contributed by atoms with Gasteiger partial charge in [-0.1, -0.05) is 43.0 Å². The SMILES string of the molecule is CCC1=C(C(=O)OC)C(c2cccc(F)c2)N2C(CC(=O)NCc3ccc(F)cc3)=CSC2=N1. The number of thioether (sulfide) groups is 1. The minimum absolute atomic E-state index is 0.0228. The van der Waals surface area contributed by atoms with Gasteiger partial charge in [0.05, 0.1) is 30.8 Å². The minimum Gasteiger partial charge on any atom is -0.466 e. The molecule has 2 aliphatic rings. The molecule has 2 aromatic carbocycles. The van der Waals surface area contributed by atoms with Crippen molar-refractivity contribution in [1.82, 2.24) is 10.2 Å². The number of hydrogen-bond donors (Lipinski definition) is 1. The van der Waals surface area contributed by atoms with Crippen LogP contribution < -0.4 is 5.32 Å². The summed E-state index contributed by atoms with van der Waals surface area (Å²) < 4.78 is 32.3. The fourth-order valence-electron chi connectivity index (χ4n) is 3.93. The lowest BCUT2D eigenvalue weighted by Crippen LogP contribution is -2.38. The summed E-state index contributed by atoms with van der Waals surface area (Å²) in [6.07, 6.45) is 0.510. The van der Waals surface area contributed by atoms with E-state index in [9.17, 15) is 18.4 Å². The lowest BCUT2D eigenvalue weighted by Gasteiger charge is -2.36. The number of ether oxygens (including phenoxy) is 1. The van der Waals surface area contributed by atoms with E-state index in [4.69, 9.17) is 4.74 Å². The van der Waals surface area contributed by atoms with Crippen LogP contribution in [0.4, 0.5) is 8.78 Å². The monoisotopic (exact) mass is 483 g/mol. The molecule has 0 fully saturated rings. The molecule has 0 spiro atoms. The lowest BCUT2D eigenvalue weighted by molar-refractivity contribution is -0.136. The Balaban J connectivity index is 1.61. The van der Waals surface area contributed by atoms with Crippen LogP contribution in [0.5, 0.6) is 0 Å². The number of carbonyl (C=O) groups is 2. The number of rotatable bonds is 7. The van der Waals surface area contributed by atoms with Gasteiger partial charge in [0.2, 0.25) is 5.91 Å². The summed E-state index contributed by atoms with van der Waals surface area (Å²) in [5, 5.41) is 5.25. The molecule has 4 rings (SSSR count). The van der Waals surface area contributed by atoms with E-state index in [0.29, 0.717) is 34.1 Å². The number of carbonyl (C=O) groups excluding carboxylic acids is 2. The van der Waals surface area contributed by atoms with Crippen LogP contribution in [0, 0.1) is 11.6 Å². The smallest absolute Gasteiger partial charge is 0.338 e. The van der Waals surface area contributed by atoms with E-state index in [-0.39, 0.29) is 24.7 Å². The van der Waals surface area contributed by atoms with Crippen molar-refractivity contribution in [2.75, 3.05) is 7.11 Å². The van der Waals surface area contributed by atoms with Crippen molar-refractivity contribution in [3.8, 4) is 0 Å². The second-order valence-corrected chi connectivity index (χ2v) is 8.57. The molecule has 1 N–H and O–H groups in total. The van der Waals surface area contributed by atoms with Crippen LogP contribution in [0.3, 0.4) is 0 Å². The molecule has 34 heavy (non-hydrogen) atoms. The number of hydrogen-bond acceptors (Lipinski definition) is 6. The van der Waals surface area contributed by atoms with Gasteiger partial charge in [-0.05, 0) is 47.2 Å². The van der Waals surface area contributed by atoms with Gasteiger partial charge in [-0.25, -0.2) is 18.6 Å². The summed E-state index contributed by atoms with van der Waals surface area (Å²) in [6, 6.07) is 11.2. The molecule has 2 aromatic rings. The molecule has 0 saturated carbocycles. The van der Waals surface area contributed by atoms with E-state index >= 15 is 0 Å². The number of esters is 1. The third-order valence-corrected chi connectivity index (χ3v) is 6.43. The van der Waals surface area contributed by atoms with Gasteiger partial charge in [0.15, 0.2) is 5.17 Å². The van der Waals surface area contributed by atoms with Crippen molar-refractivity contribution in [1.29, 1.82) is 0 Å². The Labute approximate surface area is 200 Å². The number of allylic oxidation sites excluding steroid dienone is 1. The maximum Gasteiger partial charge on any atom is 0.338 e. The van der Waals surface area contributed by atoms with Crippen molar-refractivity contribution in [2.24, 2.45) is 4.99 Å². The fourth-order valence-corrected chi connectivity index (χ4v) is 4.87. The van der Waals surface area contributed by atoms with E-state index in [1.165, 1.54) is 43.1 Å². The number of amides is 1. The van der Waals surface area contributed by atoms with Crippen LogP contribution in [-0.4, -0.2) is 29.1 Å². The van der Waals surface area contributed by atoms with Gasteiger partial charge in [-0.2, -0.15) is 0 Å². The second kappa shape index (κ2) is 10.2. The van der Waals surface area contributed by atoms with Crippen LogP contribution in [0.15, 0.2) is 75.9 Å². The molecule has 0 radical (unpaired) electrons. The Morgan fingerprint density at radius 2 is 1.91 bits per heavy atom. The second-order valence-electron chi connectivity index (χ2n) is 7.73. The van der Waals surface area contributed by atoms with Crippen LogP contribution in [-0.2, 0) is 20.9 Å². The molecule has 1 amide bonds. The zero-order valence-electron chi connectivity index (χ0n) is 18.7. The third kappa shape index (κ3) is 4.89. The van der Waals surface area contributed by atoms with Gasteiger partial charge in [0, 0.05) is 12.2 Å². The topological polar surface area (TPSA) is 71.0 Å². The van der Waals surface area contributed by atoms with Crippen LogP contribution in [0.2, 0.25) is 0 Å². The Morgan fingerprint density at radius 1 is 1.15 bits per heavy atom. The summed E-state index contributed by atoms with van der Waals surface area (Å²) in [5.41, 5.74) is 2.84. The normalized spacial score (nSPS) is 17.2. The Kier molecular flexibility index (Phi) is 7.12. The lowest BCUT2D eigenvalue weighted by atomic mass is 9.93. The molecule has 0 bridgehead atoms. The number of fused-ring (bicyclic) bond motifs is 1. The Morgan fingerprint density at radius 3 is 2.59 bits per heavy atom. The first-order valence-corrected chi connectivity index (χ1v) is 11.6. The molecular weight excluding hydrogens is 460 g/mol. The number of nitrogens with zero attached hydrogens (tertiary/aromatic N) is 2. The van der Waals surface area contributed by atoms with Crippen LogP contribution in [0.25, 0.3) is 0 Å². The molecule has 2 aliphatic heterocycles. The molecule has 0 aromatic heterocycles. The number of aliphatic imine (C=N–C) groups is 1. The molecule has 176 valence electrons. The zero-order chi connectivity index (χ0) is 24.2. The van der Waals surface area contributed by atoms with Gasteiger partial charge in [0.1, 0.15) is 11.6 Å². The fraction of sp³-hybridized carbons (Fsp3) is 0.240. The number of methoxy groups -OCH3 is 1. The average molecular weight is 484 g/mol. The highest BCUT2D eigenvalue weighted by molar-refractivity contribution is 8.16. The molecule has 9 heteroatoms. The molecule has 1 unspecified atom stereocenters. The Hall–Kier alpha value is -3.46. The molecule has 2 heterocycles. The summed E-state index contributed by atoms with van der Waals surface area (Å²) in [4.78, 5) is 32.0. The van der Waals surface area contributed by atoms with Crippen molar-refractivity contribution in [3.63, 3.8) is 0 Å². The maximum absolute atomic E-state index is 14.2. The first-order valence-electron chi connectivity index (χ1n) is 10.7. The van der Waals surface area contributed by atoms with Gasteiger partial charge in [-0.15, -0.1) is 0 Å². The molecule has 0 aliphatic carbocycles. The number of nitrogens with one attached hydrogen (secondary N) is 1. The Bertz CT molecular complexity index is 1210. The molecular formula is C25H23F2N3O3S.